The van der Waals surface area contributed by atoms with Crippen LogP contribution in [-0.4, -0.2) is 25.1 Å². The Hall–Kier alpha value is -2.87. The fraction of sp³-hybridized carbons (Fsp3) is 0.0667. The lowest BCUT2D eigenvalue weighted by molar-refractivity contribution is 0.0738. The van der Waals surface area contributed by atoms with E-state index in [4.69, 9.17) is 4.84 Å². The number of fused-ring (bicyclic) bond motifs is 1. The number of aromatic nitrogens is 5. The van der Waals surface area contributed by atoms with Crippen LogP contribution in [0.5, 0.6) is 0 Å². The van der Waals surface area contributed by atoms with Gasteiger partial charge in [0, 0.05) is 17.1 Å². The number of thiazole rings is 1. The molecule has 0 amide bonds. The van der Waals surface area contributed by atoms with Gasteiger partial charge in [0.15, 0.2) is 6.61 Å². The summed E-state index contributed by atoms with van der Waals surface area (Å²) in [7, 11) is 0. The summed E-state index contributed by atoms with van der Waals surface area (Å²) in [6, 6.07) is 9.83. The lowest BCUT2D eigenvalue weighted by Gasteiger charge is -2.01. The molecule has 1 aromatic carbocycles. The van der Waals surface area contributed by atoms with Crippen LogP contribution in [0.1, 0.15) is 5.01 Å². The van der Waals surface area contributed by atoms with E-state index in [-0.39, 0.29) is 12.4 Å². The second kappa shape index (κ2) is 5.73. The Labute approximate surface area is 134 Å². The highest BCUT2D eigenvalue weighted by Gasteiger charge is 2.09. The summed E-state index contributed by atoms with van der Waals surface area (Å²) in [6.45, 7) is 0.251. The van der Waals surface area contributed by atoms with Gasteiger partial charge in [-0.05, 0) is 41.6 Å². The molecule has 8 heteroatoms. The van der Waals surface area contributed by atoms with E-state index in [1.54, 1.807) is 24.4 Å². The van der Waals surface area contributed by atoms with Crippen molar-refractivity contribution >= 4 is 22.5 Å². The molecule has 0 spiro atoms. The maximum absolute atomic E-state index is 13.0. The van der Waals surface area contributed by atoms with Gasteiger partial charge in [-0.3, -0.25) is 0 Å². The molecule has 3 heterocycles. The van der Waals surface area contributed by atoms with E-state index in [2.05, 4.69) is 20.3 Å². The predicted octanol–water partition coefficient (Wildman–Crippen LogP) is 2.72. The first-order chi connectivity index (χ1) is 11.3. The highest BCUT2D eigenvalue weighted by Crippen LogP contribution is 2.22. The highest BCUT2D eigenvalue weighted by atomic mass is 32.1. The van der Waals surface area contributed by atoms with Crippen molar-refractivity contribution in [1.29, 1.82) is 0 Å². The number of hydrogen-bond donors (Lipinski definition) is 0. The first kappa shape index (κ1) is 13.8. The van der Waals surface area contributed by atoms with Gasteiger partial charge in [-0.15, -0.1) is 16.4 Å². The SMILES string of the molecule is Fc1ccc(-c2csc(COn3nnc4cccnc43)n2)cc1. The van der Waals surface area contributed by atoms with Crippen LogP contribution in [0.4, 0.5) is 4.39 Å². The number of hydrogen-bond acceptors (Lipinski definition) is 6. The molecule has 0 saturated carbocycles. The molecule has 23 heavy (non-hydrogen) atoms. The molecule has 0 aliphatic heterocycles. The van der Waals surface area contributed by atoms with Crippen LogP contribution in [0.15, 0.2) is 48.0 Å². The summed E-state index contributed by atoms with van der Waals surface area (Å²) >= 11 is 1.46. The van der Waals surface area contributed by atoms with E-state index in [1.165, 1.54) is 28.3 Å². The van der Waals surface area contributed by atoms with Crippen molar-refractivity contribution in [2.24, 2.45) is 0 Å². The standard InChI is InChI=1S/C15H10FN5OS/c16-11-5-3-10(4-6-11)13-9-23-14(18-13)8-22-21-15-12(19-20-21)2-1-7-17-15/h1-7,9H,8H2. The summed E-state index contributed by atoms with van der Waals surface area (Å²) in [4.78, 5) is 15.5. The van der Waals surface area contributed by atoms with E-state index < -0.39 is 0 Å². The molecule has 6 nitrogen and oxygen atoms in total. The van der Waals surface area contributed by atoms with E-state index in [0.29, 0.717) is 11.2 Å². The topological polar surface area (TPSA) is 65.7 Å². The van der Waals surface area contributed by atoms with Crippen molar-refractivity contribution in [3.8, 4) is 11.3 Å². The first-order valence-corrected chi connectivity index (χ1v) is 7.67. The second-order valence-electron chi connectivity index (χ2n) is 4.72. The van der Waals surface area contributed by atoms with Gasteiger partial charge in [-0.25, -0.2) is 14.4 Å². The van der Waals surface area contributed by atoms with Crippen LogP contribution in [0.25, 0.3) is 22.4 Å². The lowest BCUT2D eigenvalue weighted by atomic mass is 10.2. The average molecular weight is 327 g/mol. The fourth-order valence-corrected chi connectivity index (χ4v) is 2.79. The minimum absolute atomic E-state index is 0.251. The summed E-state index contributed by atoms with van der Waals surface area (Å²) in [5.41, 5.74) is 2.87. The van der Waals surface area contributed by atoms with Crippen LogP contribution < -0.4 is 4.84 Å². The molecule has 0 bridgehead atoms. The van der Waals surface area contributed by atoms with Gasteiger partial charge in [0.2, 0.25) is 5.65 Å². The molecule has 3 aromatic heterocycles. The Morgan fingerprint density at radius 3 is 2.91 bits per heavy atom. The maximum atomic E-state index is 13.0. The Bertz CT molecular complexity index is 950. The number of halogens is 1. The Balaban J connectivity index is 1.51. The third kappa shape index (κ3) is 2.76. The molecule has 0 unspecified atom stereocenters. The fourth-order valence-electron chi connectivity index (χ4n) is 2.08. The number of nitrogens with zero attached hydrogens (tertiary/aromatic N) is 5. The summed E-state index contributed by atoms with van der Waals surface area (Å²) in [5.74, 6) is -0.266. The van der Waals surface area contributed by atoms with Crippen molar-refractivity contribution < 1.29 is 9.23 Å². The molecule has 0 N–H and O–H groups in total. The zero-order valence-electron chi connectivity index (χ0n) is 11.8. The number of pyridine rings is 1. The molecular formula is C15H10FN5OS. The van der Waals surface area contributed by atoms with Crippen molar-refractivity contribution in [3.63, 3.8) is 0 Å². The van der Waals surface area contributed by atoms with Gasteiger partial charge < -0.3 is 4.84 Å². The zero-order chi connectivity index (χ0) is 15.6. The third-order valence-corrected chi connectivity index (χ3v) is 4.01. The highest BCUT2D eigenvalue weighted by molar-refractivity contribution is 7.09. The van der Waals surface area contributed by atoms with Crippen molar-refractivity contribution in [1.82, 2.24) is 25.1 Å². The van der Waals surface area contributed by atoms with E-state index >= 15 is 0 Å². The minimum Gasteiger partial charge on any atom is -0.386 e. The molecule has 114 valence electrons. The average Bonchev–Trinajstić information content (AvgIpc) is 3.20. The molecule has 0 saturated heterocycles. The molecule has 0 aliphatic carbocycles. The van der Waals surface area contributed by atoms with Crippen LogP contribution in [0.3, 0.4) is 0 Å². The largest absolute Gasteiger partial charge is 0.386 e. The summed E-state index contributed by atoms with van der Waals surface area (Å²) < 4.78 is 13.0. The third-order valence-electron chi connectivity index (χ3n) is 3.18. The maximum Gasteiger partial charge on any atom is 0.219 e. The Morgan fingerprint density at radius 1 is 1.17 bits per heavy atom. The van der Waals surface area contributed by atoms with Gasteiger partial charge >= 0.3 is 0 Å². The van der Waals surface area contributed by atoms with Crippen LogP contribution >= 0.6 is 11.3 Å². The van der Waals surface area contributed by atoms with E-state index in [0.717, 1.165) is 16.3 Å². The zero-order valence-corrected chi connectivity index (χ0v) is 12.6. The first-order valence-electron chi connectivity index (χ1n) is 6.80. The quantitative estimate of drug-likeness (QED) is 0.576. The van der Waals surface area contributed by atoms with Crippen molar-refractivity contribution in [3.05, 3.63) is 58.8 Å². The predicted molar refractivity (Wildman–Crippen MR) is 83.1 cm³/mol. The molecule has 4 rings (SSSR count). The second-order valence-corrected chi connectivity index (χ2v) is 5.66. The van der Waals surface area contributed by atoms with Crippen molar-refractivity contribution in [2.75, 3.05) is 0 Å². The number of benzene rings is 1. The number of rotatable bonds is 4. The molecule has 4 aromatic rings. The molecule has 0 radical (unpaired) electrons. The normalized spacial score (nSPS) is 11.0. The molecule has 0 fully saturated rings. The summed E-state index contributed by atoms with van der Waals surface area (Å²) in [6.07, 6.45) is 1.65. The van der Waals surface area contributed by atoms with E-state index in [9.17, 15) is 4.39 Å². The van der Waals surface area contributed by atoms with Crippen molar-refractivity contribution in [2.45, 2.75) is 6.61 Å². The Morgan fingerprint density at radius 2 is 2.04 bits per heavy atom. The molecular weight excluding hydrogens is 317 g/mol. The van der Waals surface area contributed by atoms with Crippen LogP contribution in [-0.2, 0) is 6.61 Å². The van der Waals surface area contributed by atoms with Crippen LogP contribution in [0.2, 0.25) is 0 Å². The van der Waals surface area contributed by atoms with Gasteiger partial charge in [0.25, 0.3) is 0 Å². The molecule has 0 aliphatic rings. The van der Waals surface area contributed by atoms with Gasteiger partial charge in [0.05, 0.1) is 5.69 Å². The van der Waals surface area contributed by atoms with Crippen LogP contribution in [0, 0.1) is 5.82 Å². The Kier molecular flexibility index (Phi) is 3.43. The molecule has 0 atom stereocenters. The van der Waals surface area contributed by atoms with Gasteiger partial charge in [-0.1, -0.05) is 4.85 Å². The monoisotopic (exact) mass is 327 g/mol. The van der Waals surface area contributed by atoms with Gasteiger partial charge in [0.1, 0.15) is 16.3 Å². The smallest absolute Gasteiger partial charge is 0.219 e. The van der Waals surface area contributed by atoms with E-state index in [1.807, 2.05) is 11.4 Å². The minimum atomic E-state index is -0.266. The summed E-state index contributed by atoms with van der Waals surface area (Å²) in [5, 5.41) is 10.6. The lowest BCUT2D eigenvalue weighted by Crippen LogP contribution is -2.13. The van der Waals surface area contributed by atoms with Gasteiger partial charge in [-0.2, -0.15) is 0 Å².